The quantitative estimate of drug-likeness (QED) is 0.807. The summed E-state index contributed by atoms with van der Waals surface area (Å²) in [6, 6.07) is 8.33. The summed E-state index contributed by atoms with van der Waals surface area (Å²) >= 11 is 0. The zero-order chi connectivity index (χ0) is 13.6. The number of benzene rings is 1. The number of hydrogen-bond donors (Lipinski definition) is 1. The lowest BCUT2D eigenvalue weighted by Crippen LogP contribution is -2.41. The van der Waals surface area contributed by atoms with Crippen molar-refractivity contribution in [2.45, 2.75) is 39.3 Å². The second kappa shape index (κ2) is 6.76. The molecule has 1 aromatic carbocycles. The van der Waals surface area contributed by atoms with Crippen molar-refractivity contribution < 1.29 is 9.47 Å². The fraction of sp³-hybridized carbons (Fsp3) is 0.600. The van der Waals surface area contributed by atoms with Gasteiger partial charge in [0.1, 0.15) is 5.75 Å². The summed E-state index contributed by atoms with van der Waals surface area (Å²) in [4.78, 5) is 0. The van der Waals surface area contributed by atoms with Crippen molar-refractivity contribution in [2.24, 2.45) is 0 Å². The summed E-state index contributed by atoms with van der Waals surface area (Å²) in [5.74, 6) is 0.878. The standard InChI is InChI=1S/C15H25NO2/c1-6-16-14(15(3,4)18-7-2)12-8-10-13(17-5)11-9-12/h8-11,14,16H,6-7H2,1-5H3. The minimum Gasteiger partial charge on any atom is -0.497 e. The molecule has 3 heteroatoms. The van der Waals surface area contributed by atoms with Crippen LogP contribution < -0.4 is 10.1 Å². The molecule has 102 valence electrons. The average Bonchev–Trinajstić information content (AvgIpc) is 2.36. The Hall–Kier alpha value is -1.06. The summed E-state index contributed by atoms with van der Waals surface area (Å²) in [5.41, 5.74) is 0.982. The molecule has 1 N–H and O–H groups in total. The Bertz CT molecular complexity index is 346. The zero-order valence-corrected chi connectivity index (χ0v) is 12.1. The second-order valence-corrected chi connectivity index (χ2v) is 4.80. The van der Waals surface area contributed by atoms with Crippen LogP contribution in [0.2, 0.25) is 0 Å². The Balaban J connectivity index is 2.95. The molecule has 0 amide bonds. The van der Waals surface area contributed by atoms with Gasteiger partial charge < -0.3 is 14.8 Å². The molecule has 0 fully saturated rings. The lowest BCUT2D eigenvalue weighted by molar-refractivity contribution is -0.0388. The first-order valence-corrected chi connectivity index (χ1v) is 6.56. The van der Waals surface area contributed by atoms with Crippen LogP contribution in [0.25, 0.3) is 0 Å². The minimum absolute atomic E-state index is 0.174. The third-order valence-electron chi connectivity index (χ3n) is 3.07. The van der Waals surface area contributed by atoms with Gasteiger partial charge in [0.05, 0.1) is 18.8 Å². The van der Waals surface area contributed by atoms with Crippen LogP contribution in [0.3, 0.4) is 0 Å². The molecule has 0 saturated heterocycles. The fourth-order valence-corrected chi connectivity index (χ4v) is 2.22. The maximum absolute atomic E-state index is 5.86. The van der Waals surface area contributed by atoms with E-state index in [1.54, 1.807) is 7.11 Å². The summed E-state index contributed by atoms with van der Waals surface area (Å²) in [6.45, 7) is 10.00. The van der Waals surface area contributed by atoms with E-state index in [9.17, 15) is 0 Å². The molecule has 1 aromatic rings. The molecule has 1 atom stereocenters. The van der Waals surface area contributed by atoms with E-state index in [2.05, 4.69) is 38.2 Å². The molecule has 3 nitrogen and oxygen atoms in total. The van der Waals surface area contributed by atoms with E-state index in [4.69, 9.17) is 9.47 Å². The molecule has 0 aliphatic rings. The number of ether oxygens (including phenoxy) is 2. The monoisotopic (exact) mass is 251 g/mol. The van der Waals surface area contributed by atoms with Crippen LogP contribution in [0.15, 0.2) is 24.3 Å². The van der Waals surface area contributed by atoms with Crippen molar-refractivity contribution in [2.75, 3.05) is 20.3 Å². The molecule has 0 saturated carbocycles. The fourth-order valence-electron chi connectivity index (χ4n) is 2.22. The van der Waals surface area contributed by atoms with Crippen LogP contribution in [0.1, 0.15) is 39.3 Å². The predicted molar refractivity (Wildman–Crippen MR) is 75.1 cm³/mol. The summed E-state index contributed by atoms with van der Waals surface area (Å²) < 4.78 is 11.1. The van der Waals surface area contributed by atoms with Crippen molar-refractivity contribution >= 4 is 0 Å². The van der Waals surface area contributed by atoms with E-state index in [1.165, 1.54) is 5.56 Å². The highest BCUT2D eigenvalue weighted by atomic mass is 16.5. The number of likely N-dealkylation sites (N-methyl/N-ethyl adjacent to an activating group) is 1. The van der Waals surface area contributed by atoms with E-state index in [0.29, 0.717) is 6.61 Å². The van der Waals surface area contributed by atoms with Crippen molar-refractivity contribution in [3.8, 4) is 5.75 Å². The van der Waals surface area contributed by atoms with Crippen molar-refractivity contribution in [3.63, 3.8) is 0 Å². The highest BCUT2D eigenvalue weighted by Gasteiger charge is 2.30. The molecule has 0 radical (unpaired) electrons. The largest absolute Gasteiger partial charge is 0.497 e. The highest BCUT2D eigenvalue weighted by Crippen LogP contribution is 2.29. The normalized spacial score (nSPS) is 13.4. The number of rotatable bonds is 7. The Morgan fingerprint density at radius 3 is 2.22 bits per heavy atom. The van der Waals surface area contributed by atoms with E-state index < -0.39 is 0 Å². The molecule has 18 heavy (non-hydrogen) atoms. The first kappa shape index (κ1) is 15.0. The van der Waals surface area contributed by atoms with Crippen LogP contribution >= 0.6 is 0 Å². The number of nitrogens with one attached hydrogen (secondary N) is 1. The van der Waals surface area contributed by atoms with Gasteiger partial charge in [-0.25, -0.2) is 0 Å². The Labute approximate surface area is 110 Å². The third kappa shape index (κ3) is 3.72. The topological polar surface area (TPSA) is 30.5 Å². The van der Waals surface area contributed by atoms with E-state index in [1.807, 2.05) is 19.1 Å². The maximum atomic E-state index is 5.86. The van der Waals surface area contributed by atoms with Gasteiger partial charge in [0.15, 0.2) is 0 Å². The van der Waals surface area contributed by atoms with Crippen molar-refractivity contribution in [3.05, 3.63) is 29.8 Å². The molecule has 1 rings (SSSR count). The van der Waals surface area contributed by atoms with Crippen LogP contribution in [-0.4, -0.2) is 25.9 Å². The molecular weight excluding hydrogens is 226 g/mol. The molecule has 1 unspecified atom stereocenters. The minimum atomic E-state index is -0.237. The maximum Gasteiger partial charge on any atom is 0.118 e. The lowest BCUT2D eigenvalue weighted by Gasteiger charge is -2.35. The van der Waals surface area contributed by atoms with Gasteiger partial charge in [-0.05, 0) is 45.0 Å². The van der Waals surface area contributed by atoms with E-state index in [-0.39, 0.29) is 11.6 Å². The molecule has 0 aliphatic carbocycles. The third-order valence-corrected chi connectivity index (χ3v) is 3.07. The van der Waals surface area contributed by atoms with Crippen LogP contribution in [-0.2, 0) is 4.74 Å². The van der Waals surface area contributed by atoms with Crippen molar-refractivity contribution in [1.29, 1.82) is 0 Å². The molecule has 0 heterocycles. The van der Waals surface area contributed by atoms with Gasteiger partial charge in [0, 0.05) is 6.61 Å². The molecule has 0 spiro atoms. The van der Waals surface area contributed by atoms with E-state index >= 15 is 0 Å². The Morgan fingerprint density at radius 2 is 1.78 bits per heavy atom. The van der Waals surface area contributed by atoms with Gasteiger partial charge >= 0.3 is 0 Å². The van der Waals surface area contributed by atoms with Gasteiger partial charge in [-0.2, -0.15) is 0 Å². The highest BCUT2D eigenvalue weighted by molar-refractivity contribution is 5.30. The first-order valence-electron chi connectivity index (χ1n) is 6.56. The van der Waals surface area contributed by atoms with Crippen LogP contribution in [0, 0.1) is 0 Å². The zero-order valence-electron chi connectivity index (χ0n) is 12.1. The Morgan fingerprint density at radius 1 is 1.17 bits per heavy atom. The van der Waals surface area contributed by atoms with Gasteiger partial charge in [-0.1, -0.05) is 19.1 Å². The van der Waals surface area contributed by atoms with Gasteiger partial charge in [-0.3, -0.25) is 0 Å². The summed E-state index contributed by atoms with van der Waals surface area (Å²) in [7, 11) is 1.68. The first-order chi connectivity index (χ1) is 8.55. The molecular formula is C15H25NO2. The number of hydrogen-bond acceptors (Lipinski definition) is 3. The van der Waals surface area contributed by atoms with Gasteiger partial charge in [0.2, 0.25) is 0 Å². The predicted octanol–water partition coefficient (Wildman–Crippen LogP) is 3.16. The average molecular weight is 251 g/mol. The SMILES string of the molecule is CCNC(c1ccc(OC)cc1)C(C)(C)OCC. The molecule has 0 bridgehead atoms. The number of methoxy groups -OCH3 is 1. The van der Waals surface area contributed by atoms with Crippen LogP contribution in [0.4, 0.5) is 0 Å². The lowest BCUT2D eigenvalue weighted by atomic mass is 9.91. The van der Waals surface area contributed by atoms with Gasteiger partial charge in [-0.15, -0.1) is 0 Å². The van der Waals surface area contributed by atoms with Gasteiger partial charge in [0.25, 0.3) is 0 Å². The van der Waals surface area contributed by atoms with Crippen LogP contribution in [0.5, 0.6) is 5.75 Å². The summed E-state index contributed by atoms with van der Waals surface area (Å²) in [6.07, 6.45) is 0. The second-order valence-electron chi connectivity index (χ2n) is 4.80. The van der Waals surface area contributed by atoms with Crippen molar-refractivity contribution in [1.82, 2.24) is 5.32 Å². The molecule has 0 aromatic heterocycles. The Kier molecular flexibility index (Phi) is 5.63. The summed E-state index contributed by atoms with van der Waals surface area (Å²) in [5, 5.41) is 3.50. The smallest absolute Gasteiger partial charge is 0.118 e. The van der Waals surface area contributed by atoms with E-state index in [0.717, 1.165) is 12.3 Å². The molecule has 0 aliphatic heterocycles.